The topological polar surface area (TPSA) is 78.5 Å². The van der Waals surface area contributed by atoms with Crippen LogP contribution in [0.2, 0.25) is 0 Å². The predicted molar refractivity (Wildman–Crippen MR) is 96.7 cm³/mol. The minimum Gasteiger partial charge on any atom is -0.326 e. The number of sulfonamides is 1. The number of thiophene rings is 1. The van der Waals surface area contributed by atoms with E-state index in [1.54, 1.807) is 23.5 Å². The van der Waals surface area contributed by atoms with Crippen molar-refractivity contribution in [3.63, 3.8) is 0 Å². The van der Waals surface area contributed by atoms with Crippen molar-refractivity contribution in [1.29, 1.82) is 0 Å². The molecule has 8 heteroatoms. The summed E-state index contributed by atoms with van der Waals surface area (Å²) >= 11 is 1.58. The molecule has 0 spiro atoms. The third-order valence-electron chi connectivity index (χ3n) is 3.50. The zero-order valence-electron chi connectivity index (χ0n) is 13.8. The molecular formula is C16H21N3O3S2. The quantitative estimate of drug-likeness (QED) is 0.787. The maximum absolute atomic E-state index is 12.4. The Balaban J connectivity index is 2.08. The Bertz CT molecular complexity index is 769. The predicted octanol–water partition coefficient (Wildman–Crippen LogP) is 2.29. The van der Waals surface area contributed by atoms with Crippen LogP contribution in [0, 0.1) is 0 Å². The Morgan fingerprint density at radius 1 is 1.21 bits per heavy atom. The molecule has 2 N–H and O–H groups in total. The fourth-order valence-corrected chi connectivity index (χ4v) is 4.00. The van der Waals surface area contributed by atoms with Crippen molar-refractivity contribution < 1.29 is 13.2 Å². The molecule has 0 aliphatic rings. The van der Waals surface area contributed by atoms with E-state index in [-0.39, 0.29) is 23.4 Å². The lowest BCUT2D eigenvalue weighted by molar-refractivity contribution is -0.114. The smallest absolute Gasteiger partial charge is 0.240 e. The van der Waals surface area contributed by atoms with Crippen LogP contribution in [0.25, 0.3) is 0 Å². The third kappa shape index (κ3) is 4.88. The summed E-state index contributed by atoms with van der Waals surface area (Å²) in [7, 11) is 0.220. The lowest BCUT2D eigenvalue weighted by atomic mass is 10.1. The van der Waals surface area contributed by atoms with Gasteiger partial charge in [-0.25, -0.2) is 13.1 Å². The maximum atomic E-state index is 12.4. The molecule has 0 fully saturated rings. The molecule has 1 atom stereocenters. The standard InChI is InChI=1S/C16H21N3O3S2/c1-12(20)18-14-4-6-15(7-5-14)24(21,22)17-10-16(19(2)3)13-8-9-23-11-13/h4-9,11,16-17H,10H2,1-3H3,(H,18,20)/t16-/m1/s1. The number of benzene rings is 1. The maximum Gasteiger partial charge on any atom is 0.240 e. The molecule has 0 radical (unpaired) electrons. The Morgan fingerprint density at radius 2 is 1.88 bits per heavy atom. The molecular weight excluding hydrogens is 346 g/mol. The normalized spacial score (nSPS) is 13.0. The van der Waals surface area contributed by atoms with Crippen LogP contribution < -0.4 is 10.0 Å². The van der Waals surface area contributed by atoms with Gasteiger partial charge in [-0.15, -0.1) is 0 Å². The van der Waals surface area contributed by atoms with Gasteiger partial charge in [0.1, 0.15) is 0 Å². The van der Waals surface area contributed by atoms with Crippen LogP contribution in [-0.2, 0) is 14.8 Å². The number of amides is 1. The minimum atomic E-state index is -3.61. The first-order valence-corrected chi connectivity index (χ1v) is 9.78. The number of nitrogens with one attached hydrogen (secondary N) is 2. The largest absolute Gasteiger partial charge is 0.326 e. The van der Waals surface area contributed by atoms with E-state index < -0.39 is 10.0 Å². The number of hydrogen-bond acceptors (Lipinski definition) is 5. The second kappa shape index (κ2) is 7.89. The van der Waals surface area contributed by atoms with Gasteiger partial charge in [0.05, 0.1) is 4.90 Å². The molecule has 1 amide bonds. The summed E-state index contributed by atoms with van der Waals surface area (Å²) in [6, 6.07) is 8.04. The molecule has 6 nitrogen and oxygen atoms in total. The van der Waals surface area contributed by atoms with Crippen molar-refractivity contribution >= 4 is 33.0 Å². The van der Waals surface area contributed by atoms with E-state index in [0.717, 1.165) is 5.56 Å². The fourth-order valence-electron chi connectivity index (χ4n) is 2.26. The van der Waals surface area contributed by atoms with Gasteiger partial charge in [-0.1, -0.05) is 0 Å². The van der Waals surface area contributed by atoms with Crippen molar-refractivity contribution in [2.45, 2.75) is 17.9 Å². The Kier molecular flexibility index (Phi) is 6.11. The summed E-state index contributed by atoms with van der Waals surface area (Å²) in [4.78, 5) is 13.1. The van der Waals surface area contributed by atoms with Gasteiger partial charge < -0.3 is 10.2 Å². The zero-order chi connectivity index (χ0) is 17.7. The van der Waals surface area contributed by atoms with Crippen molar-refractivity contribution in [3.8, 4) is 0 Å². The number of carbonyl (C=O) groups is 1. The molecule has 0 aliphatic heterocycles. The van der Waals surface area contributed by atoms with Crippen molar-refractivity contribution in [3.05, 3.63) is 46.7 Å². The highest BCUT2D eigenvalue weighted by atomic mass is 32.2. The molecule has 1 aromatic carbocycles. The molecule has 130 valence electrons. The molecule has 2 rings (SSSR count). The van der Waals surface area contributed by atoms with Gasteiger partial charge in [-0.3, -0.25) is 4.79 Å². The third-order valence-corrected chi connectivity index (χ3v) is 5.64. The lowest BCUT2D eigenvalue weighted by Crippen LogP contribution is -2.34. The first kappa shape index (κ1) is 18.6. The van der Waals surface area contributed by atoms with Crippen molar-refractivity contribution in [1.82, 2.24) is 9.62 Å². The molecule has 24 heavy (non-hydrogen) atoms. The summed E-state index contributed by atoms with van der Waals surface area (Å²) in [5.41, 5.74) is 1.64. The number of nitrogens with zero attached hydrogens (tertiary/aromatic N) is 1. The molecule has 1 aromatic heterocycles. The van der Waals surface area contributed by atoms with Gasteiger partial charge in [0, 0.05) is 25.2 Å². The van der Waals surface area contributed by atoms with Gasteiger partial charge >= 0.3 is 0 Å². The van der Waals surface area contributed by atoms with Crippen LogP contribution in [0.4, 0.5) is 5.69 Å². The highest BCUT2D eigenvalue weighted by Crippen LogP contribution is 2.21. The van der Waals surface area contributed by atoms with Crippen LogP contribution in [0.5, 0.6) is 0 Å². The van der Waals surface area contributed by atoms with Crippen LogP contribution in [0.15, 0.2) is 46.0 Å². The highest BCUT2D eigenvalue weighted by Gasteiger charge is 2.20. The Hall–Kier alpha value is -1.74. The van der Waals surface area contributed by atoms with Crippen molar-refractivity contribution in [2.24, 2.45) is 0 Å². The summed E-state index contributed by atoms with van der Waals surface area (Å²) < 4.78 is 27.5. The molecule has 0 saturated heterocycles. The van der Waals surface area contributed by atoms with E-state index in [4.69, 9.17) is 0 Å². The number of likely N-dealkylation sites (N-methyl/N-ethyl adjacent to an activating group) is 1. The summed E-state index contributed by atoms with van der Waals surface area (Å²) in [5.74, 6) is -0.201. The Labute approximate surface area is 146 Å². The van der Waals surface area contributed by atoms with Gasteiger partial charge in [0.2, 0.25) is 15.9 Å². The summed E-state index contributed by atoms with van der Waals surface area (Å²) in [5, 5.41) is 6.60. The number of hydrogen-bond donors (Lipinski definition) is 2. The number of carbonyl (C=O) groups excluding carboxylic acids is 1. The van der Waals surface area contributed by atoms with E-state index in [1.807, 2.05) is 35.8 Å². The molecule has 2 aromatic rings. The van der Waals surface area contributed by atoms with Crippen LogP contribution >= 0.6 is 11.3 Å². The van der Waals surface area contributed by atoms with Crippen molar-refractivity contribution in [2.75, 3.05) is 26.0 Å². The van der Waals surface area contributed by atoms with Gasteiger partial charge in [0.25, 0.3) is 0 Å². The Morgan fingerprint density at radius 3 is 2.38 bits per heavy atom. The van der Waals surface area contributed by atoms with Gasteiger partial charge in [-0.2, -0.15) is 11.3 Å². The summed E-state index contributed by atoms with van der Waals surface area (Å²) in [6.45, 7) is 1.68. The molecule has 0 bridgehead atoms. The van der Waals surface area contributed by atoms with E-state index in [9.17, 15) is 13.2 Å². The first-order chi connectivity index (χ1) is 11.3. The van der Waals surface area contributed by atoms with Crippen LogP contribution in [0.1, 0.15) is 18.5 Å². The van der Waals surface area contributed by atoms with Crippen LogP contribution in [-0.4, -0.2) is 39.9 Å². The van der Waals surface area contributed by atoms with E-state index in [0.29, 0.717) is 5.69 Å². The average Bonchev–Trinajstić information content (AvgIpc) is 3.01. The second-order valence-electron chi connectivity index (χ2n) is 5.59. The van der Waals surface area contributed by atoms with E-state index >= 15 is 0 Å². The fraction of sp³-hybridized carbons (Fsp3) is 0.312. The monoisotopic (exact) mass is 367 g/mol. The number of rotatable bonds is 7. The van der Waals surface area contributed by atoms with Gasteiger partial charge in [0.15, 0.2) is 0 Å². The number of anilines is 1. The SMILES string of the molecule is CC(=O)Nc1ccc(S(=O)(=O)NC[C@H](c2ccsc2)N(C)C)cc1. The molecule has 0 aliphatic carbocycles. The second-order valence-corrected chi connectivity index (χ2v) is 8.14. The average molecular weight is 367 g/mol. The lowest BCUT2D eigenvalue weighted by Gasteiger charge is -2.24. The minimum absolute atomic E-state index is 0.0373. The van der Waals surface area contributed by atoms with Crippen LogP contribution in [0.3, 0.4) is 0 Å². The zero-order valence-corrected chi connectivity index (χ0v) is 15.4. The van der Waals surface area contributed by atoms with Gasteiger partial charge in [-0.05, 0) is 60.8 Å². The molecule has 0 unspecified atom stereocenters. The molecule has 0 saturated carbocycles. The van der Waals surface area contributed by atoms with E-state index in [2.05, 4.69) is 10.0 Å². The molecule has 1 heterocycles. The highest BCUT2D eigenvalue weighted by molar-refractivity contribution is 7.89. The van der Waals surface area contributed by atoms with E-state index in [1.165, 1.54) is 19.1 Å². The summed E-state index contributed by atoms with van der Waals surface area (Å²) in [6.07, 6.45) is 0. The first-order valence-electron chi connectivity index (χ1n) is 7.35.